The van der Waals surface area contributed by atoms with Crippen LogP contribution in [-0.4, -0.2) is 44.9 Å². The number of aromatic nitrogens is 4. The van der Waals surface area contributed by atoms with Gasteiger partial charge in [0.05, 0.1) is 18.4 Å². The van der Waals surface area contributed by atoms with Crippen LogP contribution in [0.1, 0.15) is 27.2 Å². The first-order valence-electron chi connectivity index (χ1n) is 6.98. The van der Waals surface area contributed by atoms with Crippen LogP contribution in [0.25, 0.3) is 0 Å². The molecule has 2 heterocycles. The number of carbonyl (C=O) groups excluding carboxylic acids is 2. The van der Waals surface area contributed by atoms with E-state index in [0.29, 0.717) is 15.7 Å². The highest BCUT2D eigenvalue weighted by Gasteiger charge is 2.28. The number of nitrogens with one attached hydrogen (secondary N) is 1. The Bertz CT molecular complexity index is 755. The summed E-state index contributed by atoms with van der Waals surface area (Å²) in [4.78, 5) is 25.3. The largest absolute Gasteiger partial charge is 0.465 e. The number of ether oxygens (including phenoxy) is 1. The molecule has 0 unspecified atom stereocenters. The van der Waals surface area contributed by atoms with Crippen LogP contribution < -0.4 is 5.32 Å². The molecule has 0 fully saturated rings. The van der Waals surface area contributed by atoms with Crippen molar-refractivity contribution in [2.45, 2.75) is 24.4 Å². The van der Waals surface area contributed by atoms with E-state index in [-0.39, 0.29) is 11.7 Å². The third-order valence-corrected chi connectivity index (χ3v) is 5.70. The minimum Gasteiger partial charge on any atom is -0.465 e. The lowest BCUT2D eigenvalue weighted by Gasteiger charge is -2.06. The van der Waals surface area contributed by atoms with Crippen molar-refractivity contribution in [1.82, 2.24) is 20.2 Å². The number of rotatable bonds is 5. The molecule has 0 saturated carbocycles. The van der Waals surface area contributed by atoms with Crippen molar-refractivity contribution in [3.8, 4) is 0 Å². The number of esters is 1. The standard InChI is InChI=1S/C13H15N5O3S2/c1-18-13(15-16-17-18)22-6-9(19)14-11-10(12(20)21-2)7-4-3-5-8(7)23-11/h3-6H2,1-2H3,(H,14,19). The summed E-state index contributed by atoms with van der Waals surface area (Å²) in [5.41, 5.74) is 1.52. The molecule has 0 saturated heterocycles. The first-order chi connectivity index (χ1) is 11.1. The van der Waals surface area contributed by atoms with Crippen LogP contribution in [0.5, 0.6) is 0 Å². The van der Waals surface area contributed by atoms with E-state index in [4.69, 9.17) is 4.74 Å². The number of nitrogens with zero attached hydrogens (tertiary/aromatic N) is 4. The van der Waals surface area contributed by atoms with Gasteiger partial charge in [-0.25, -0.2) is 9.48 Å². The van der Waals surface area contributed by atoms with Gasteiger partial charge in [-0.15, -0.1) is 16.4 Å². The second kappa shape index (κ2) is 6.67. The molecule has 0 radical (unpaired) electrons. The van der Waals surface area contributed by atoms with E-state index in [1.807, 2.05) is 0 Å². The van der Waals surface area contributed by atoms with E-state index in [1.165, 1.54) is 34.9 Å². The molecule has 2 aromatic heterocycles. The zero-order valence-corrected chi connectivity index (χ0v) is 14.3. The van der Waals surface area contributed by atoms with Gasteiger partial charge < -0.3 is 10.1 Å². The monoisotopic (exact) mass is 353 g/mol. The lowest BCUT2D eigenvalue weighted by molar-refractivity contribution is -0.113. The quantitative estimate of drug-likeness (QED) is 0.638. The number of fused-ring (bicyclic) bond motifs is 1. The number of hydrogen-bond acceptors (Lipinski definition) is 8. The van der Waals surface area contributed by atoms with Crippen LogP contribution in [0.15, 0.2) is 5.16 Å². The van der Waals surface area contributed by atoms with Gasteiger partial charge in [0.25, 0.3) is 0 Å². The maximum absolute atomic E-state index is 12.2. The zero-order chi connectivity index (χ0) is 16.4. The summed E-state index contributed by atoms with van der Waals surface area (Å²) in [5, 5.41) is 15.0. The molecule has 10 heteroatoms. The summed E-state index contributed by atoms with van der Waals surface area (Å²) in [6, 6.07) is 0. The van der Waals surface area contributed by atoms with Crippen LogP contribution in [0.3, 0.4) is 0 Å². The fourth-order valence-electron chi connectivity index (χ4n) is 2.45. The summed E-state index contributed by atoms with van der Waals surface area (Å²) in [6.07, 6.45) is 2.83. The van der Waals surface area contributed by atoms with E-state index in [0.717, 1.165) is 29.7 Å². The first-order valence-corrected chi connectivity index (χ1v) is 8.78. The van der Waals surface area contributed by atoms with Crippen molar-refractivity contribution < 1.29 is 14.3 Å². The van der Waals surface area contributed by atoms with Gasteiger partial charge in [-0.05, 0) is 35.3 Å². The van der Waals surface area contributed by atoms with E-state index in [1.54, 1.807) is 7.05 Å². The molecule has 0 aromatic carbocycles. The first kappa shape index (κ1) is 15.9. The highest BCUT2D eigenvalue weighted by Crippen LogP contribution is 2.39. The van der Waals surface area contributed by atoms with Crippen LogP contribution in [0.2, 0.25) is 0 Å². The molecular formula is C13H15N5O3S2. The fraction of sp³-hybridized carbons (Fsp3) is 0.462. The summed E-state index contributed by atoms with van der Waals surface area (Å²) >= 11 is 2.69. The van der Waals surface area contributed by atoms with E-state index >= 15 is 0 Å². The van der Waals surface area contributed by atoms with Crippen molar-refractivity contribution in [3.63, 3.8) is 0 Å². The number of hydrogen-bond donors (Lipinski definition) is 1. The van der Waals surface area contributed by atoms with E-state index < -0.39 is 5.97 Å². The lowest BCUT2D eigenvalue weighted by atomic mass is 10.1. The molecule has 3 rings (SSSR count). The number of anilines is 1. The Morgan fingerprint density at radius 1 is 1.43 bits per heavy atom. The molecule has 1 N–H and O–H groups in total. The van der Waals surface area contributed by atoms with Crippen LogP contribution >= 0.6 is 23.1 Å². The van der Waals surface area contributed by atoms with Crippen LogP contribution in [0, 0.1) is 0 Å². The van der Waals surface area contributed by atoms with Crippen molar-refractivity contribution in [1.29, 1.82) is 0 Å². The molecule has 0 aliphatic heterocycles. The van der Waals surface area contributed by atoms with Crippen molar-refractivity contribution in [2.24, 2.45) is 7.05 Å². The van der Waals surface area contributed by atoms with Gasteiger partial charge in [0.2, 0.25) is 11.1 Å². The molecule has 1 aliphatic carbocycles. The Morgan fingerprint density at radius 2 is 2.26 bits per heavy atom. The molecule has 1 amide bonds. The van der Waals surface area contributed by atoms with Gasteiger partial charge in [0.1, 0.15) is 5.00 Å². The highest BCUT2D eigenvalue weighted by molar-refractivity contribution is 7.99. The molecule has 2 aromatic rings. The topological polar surface area (TPSA) is 99.0 Å². The van der Waals surface area contributed by atoms with Crippen molar-refractivity contribution in [3.05, 3.63) is 16.0 Å². The number of thioether (sulfide) groups is 1. The van der Waals surface area contributed by atoms with Gasteiger partial charge in [0, 0.05) is 11.9 Å². The minimum absolute atomic E-state index is 0.164. The third-order valence-electron chi connectivity index (χ3n) is 3.48. The molecule has 8 nitrogen and oxygen atoms in total. The molecule has 1 aliphatic rings. The average molecular weight is 353 g/mol. The molecule has 0 atom stereocenters. The number of aryl methyl sites for hydroxylation is 2. The zero-order valence-electron chi connectivity index (χ0n) is 12.7. The lowest BCUT2D eigenvalue weighted by Crippen LogP contribution is -2.16. The third kappa shape index (κ3) is 3.22. The van der Waals surface area contributed by atoms with E-state index in [9.17, 15) is 9.59 Å². The summed E-state index contributed by atoms with van der Waals surface area (Å²) in [7, 11) is 3.06. The summed E-state index contributed by atoms with van der Waals surface area (Å²) in [6.45, 7) is 0. The van der Waals surface area contributed by atoms with Gasteiger partial charge in [0.15, 0.2) is 0 Å². The number of thiophene rings is 1. The SMILES string of the molecule is COC(=O)c1c(NC(=O)CSc2nnnn2C)sc2c1CCC2. The maximum Gasteiger partial charge on any atom is 0.341 e. The number of carbonyl (C=O) groups is 2. The Hall–Kier alpha value is -1.94. The fourth-order valence-corrected chi connectivity index (χ4v) is 4.39. The van der Waals surface area contributed by atoms with Gasteiger partial charge in [-0.2, -0.15) is 0 Å². The van der Waals surface area contributed by atoms with Gasteiger partial charge in [-0.3, -0.25) is 4.79 Å². The van der Waals surface area contributed by atoms with Crippen molar-refractivity contribution in [2.75, 3.05) is 18.2 Å². The number of methoxy groups -OCH3 is 1. The second-order valence-corrected chi connectivity index (χ2v) is 7.02. The molecule has 0 spiro atoms. The minimum atomic E-state index is -0.398. The summed E-state index contributed by atoms with van der Waals surface area (Å²) < 4.78 is 6.36. The molecular weight excluding hydrogens is 338 g/mol. The predicted octanol–water partition coefficient (Wildman–Crippen LogP) is 1.28. The Kier molecular flexibility index (Phi) is 4.62. The van der Waals surface area contributed by atoms with Crippen LogP contribution in [0.4, 0.5) is 5.00 Å². The average Bonchev–Trinajstić information content (AvgIpc) is 3.20. The normalized spacial score (nSPS) is 13.0. The Balaban J connectivity index is 1.71. The highest BCUT2D eigenvalue weighted by atomic mass is 32.2. The predicted molar refractivity (Wildman–Crippen MR) is 85.8 cm³/mol. The Morgan fingerprint density at radius 3 is 2.96 bits per heavy atom. The molecule has 0 bridgehead atoms. The van der Waals surface area contributed by atoms with Crippen molar-refractivity contribution >= 4 is 40.0 Å². The smallest absolute Gasteiger partial charge is 0.341 e. The van der Waals surface area contributed by atoms with Crippen LogP contribution in [-0.2, 0) is 29.4 Å². The number of tetrazole rings is 1. The summed E-state index contributed by atoms with van der Waals surface area (Å²) in [5.74, 6) is -0.440. The molecule has 122 valence electrons. The maximum atomic E-state index is 12.2. The molecule has 23 heavy (non-hydrogen) atoms. The number of amides is 1. The van der Waals surface area contributed by atoms with E-state index in [2.05, 4.69) is 20.8 Å². The Labute approximate surface area is 140 Å². The second-order valence-electron chi connectivity index (χ2n) is 4.97. The van der Waals surface area contributed by atoms with Gasteiger partial charge in [-0.1, -0.05) is 11.8 Å². The van der Waals surface area contributed by atoms with Gasteiger partial charge >= 0.3 is 5.97 Å².